The number of fused-ring (bicyclic) bond motifs is 5. The van der Waals surface area contributed by atoms with Crippen LogP contribution in [0, 0.1) is 0 Å². The lowest BCUT2D eigenvalue weighted by atomic mass is 10.00. The third-order valence-electron chi connectivity index (χ3n) is 4.59. The van der Waals surface area contributed by atoms with Gasteiger partial charge in [0.15, 0.2) is 0 Å². The van der Waals surface area contributed by atoms with E-state index in [0.29, 0.717) is 10.8 Å². The van der Waals surface area contributed by atoms with Crippen molar-refractivity contribution in [3.05, 3.63) is 52.5 Å². The standard InChI is InChI=1S/C19H17ClN2O2/c1-21-8-7-12-14-9-17(24-2)15(20)10-16(14)22-18(12)11-5-3-4-6-13(11)19(22)23/h3-6,9-10,21H,7-8H2,1-2H3. The minimum Gasteiger partial charge on any atom is -0.495 e. The highest BCUT2D eigenvalue weighted by Crippen LogP contribution is 2.43. The van der Waals surface area contributed by atoms with E-state index in [9.17, 15) is 4.79 Å². The first kappa shape index (κ1) is 15.2. The number of halogens is 1. The van der Waals surface area contributed by atoms with E-state index in [1.165, 1.54) is 0 Å². The minimum atomic E-state index is 0.00235. The maximum atomic E-state index is 12.9. The van der Waals surface area contributed by atoms with E-state index in [1.54, 1.807) is 11.7 Å². The van der Waals surface area contributed by atoms with Crippen LogP contribution in [-0.2, 0) is 6.42 Å². The van der Waals surface area contributed by atoms with Gasteiger partial charge < -0.3 is 10.1 Å². The van der Waals surface area contributed by atoms with Crippen molar-refractivity contribution in [3.63, 3.8) is 0 Å². The Morgan fingerprint density at radius 3 is 2.67 bits per heavy atom. The fourth-order valence-electron chi connectivity index (χ4n) is 3.50. The number of carbonyl (C=O) groups is 1. The molecule has 24 heavy (non-hydrogen) atoms. The molecule has 0 saturated heterocycles. The normalized spacial score (nSPS) is 12.5. The summed E-state index contributed by atoms with van der Waals surface area (Å²) in [5, 5.41) is 4.71. The van der Waals surface area contributed by atoms with Gasteiger partial charge in [0.25, 0.3) is 5.91 Å². The summed E-state index contributed by atoms with van der Waals surface area (Å²) in [6.07, 6.45) is 0.821. The van der Waals surface area contributed by atoms with Crippen molar-refractivity contribution in [2.24, 2.45) is 0 Å². The number of hydrogen-bond acceptors (Lipinski definition) is 3. The summed E-state index contributed by atoms with van der Waals surface area (Å²) in [6, 6.07) is 11.5. The number of ether oxygens (including phenoxy) is 1. The Morgan fingerprint density at radius 2 is 1.96 bits per heavy atom. The molecule has 0 fully saturated rings. The van der Waals surface area contributed by atoms with Crippen LogP contribution in [0.2, 0.25) is 5.02 Å². The summed E-state index contributed by atoms with van der Waals surface area (Å²) in [7, 11) is 3.53. The number of benzene rings is 2. The Morgan fingerprint density at radius 1 is 1.21 bits per heavy atom. The van der Waals surface area contributed by atoms with Gasteiger partial charge in [0.2, 0.25) is 0 Å². The van der Waals surface area contributed by atoms with E-state index in [1.807, 2.05) is 43.4 Å². The van der Waals surface area contributed by atoms with Crippen LogP contribution in [0.3, 0.4) is 0 Å². The smallest absolute Gasteiger partial charge is 0.263 e. The molecule has 0 saturated carbocycles. The van der Waals surface area contributed by atoms with Gasteiger partial charge in [-0.2, -0.15) is 0 Å². The third kappa shape index (κ3) is 2.00. The van der Waals surface area contributed by atoms with E-state index >= 15 is 0 Å². The lowest BCUT2D eigenvalue weighted by Crippen LogP contribution is -2.10. The second-order valence-electron chi connectivity index (χ2n) is 5.87. The molecule has 0 aliphatic carbocycles. The lowest BCUT2D eigenvalue weighted by Gasteiger charge is -2.07. The molecule has 1 aliphatic heterocycles. The van der Waals surface area contributed by atoms with E-state index in [4.69, 9.17) is 16.3 Å². The fourth-order valence-corrected chi connectivity index (χ4v) is 3.74. The molecule has 0 unspecified atom stereocenters. The van der Waals surface area contributed by atoms with Gasteiger partial charge in [-0.25, -0.2) is 0 Å². The van der Waals surface area contributed by atoms with Crippen LogP contribution < -0.4 is 10.1 Å². The molecule has 1 aromatic heterocycles. The molecule has 0 atom stereocenters. The van der Waals surface area contributed by atoms with Gasteiger partial charge in [0.05, 0.1) is 23.3 Å². The van der Waals surface area contributed by atoms with E-state index in [-0.39, 0.29) is 5.91 Å². The summed E-state index contributed by atoms with van der Waals surface area (Å²) in [5.74, 6) is 0.627. The highest BCUT2D eigenvalue weighted by atomic mass is 35.5. The minimum absolute atomic E-state index is 0.00235. The molecule has 5 heteroatoms. The number of methoxy groups -OCH3 is 1. The van der Waals surface area contributed by atoms with Crippen LogP contribution in [0.5, 0.6) is 5.75 Å². The molecule has 4 rings (SSSR count). The largest absolute Gasteiger partial charge is 0.495 e. The second kappa shape index (κ2) is 5.65. The first-order chi connectivity index (χ1) is 11.7. The van der Waals surface area contributed by atoms with Crippen molar-refractivity contribution in [2.45, 2.75) is 6.42 Å². The van der Waals surface area contributed by atoms with Crippen LogP contribution in [0.25, 0.3) is 22.2 Å². The molecule has 2 aromatic carbocycles. The summed E-state index contributed by atoms with van der Waals surface area (Å²) in [4.78, 5) is 12.9. The molecule has 122 valence electrons. The van der Waals surface area contributed by atoms with Crippen LogP contribution in [-0.4, -0.2) is 31.2 Å². The summed E-state index contributed by atoms with van der Waals surface area (Å²) < 4.78 is 7.16. The van der Waals surface area contributed by atoms with Gasteiger partial charge in [0, 0.05) is 16.5 Å². The zero-order valence-corrected chi connectivity index (χ0v) is 14.3. The maximum absolute atomic E-state index is 12.9. The summed E-state index contributed by atoms with van der Waals surface area (Å²) in [5.41, 5.74) is 4.69. The quantitative estimate of drug-likeness (QED) is 0.615. The van der Waals surface area contributed by atoms with Gasteiger partial charge in [-0.1, -0.05) is 29.8 Å². The third-order valence-corrected chi connectivity index (χ3v) is 4.88. The van der Waals surface area contributed by atoms with E-state index < -0.39 is 0 Å². The fraction of sp³-hybridized carbons (Fsp3) is 0.211. The lowest BCUT2D eigenvalue weighted by molar-refractivity contribution is 0.0973. The zero-order valence-electron chi connectivity index (χ0n) is 13.5. The van der Waals surface area contributed by atoms with Gasteiger partial charge >= 0.3 is 0 Å². The highest BCUT2D eigenvalue weighted by molar-refractivity contribution is 6.33. The Bertz CT molecular complexity index is 975. The van der Waals surface area contributed by atoms with Gasteiger partial charge in [-0.05, 0) is 43.8 Å². The van der Waals surface area contributed by atoms with E-state index in [0.717, 1.165) is 46.3 Å². The average Bonchev–Trinajstić information content (AvgIpc) is 3.06. The number of aromatic nitrogens is 1. The molecular formula is C19H17ClN2O2. The van der Waals surface area contributed by atoms with Crippen molar-refractivity contribution >= 4 is 28.4 Å². The zero-order chi connectivity index (χ0) is 16.8. The molecule has 0 spiro atoms. The molecule has 2 heterocycles. The number of rotatable bonds is 4. The Balaban J connectivity index is 2.09. The van der Waals surface area contributed by atoms with Crippen molar-refractivity contribution in [2.75, 3.05) is 20.7 Å². The summed E-state index contributed by atoms with van der Waals surface area (Å²) in [6.45, 7) is 0.827. The van der Waals surface area contributed by atoms with Crippen molar-refractivity contribution < 1.29 is 9.53 Å². The van der Waals surface area contributed by atoms with Crippen LogP contribution in [0.1, 0.15) is 15.9 Å². The number of likely N-dealkylation sites (N-methyl/N-ethyl adjacent to an activating group) is 1. The molecule has 1 N–H and O–H groups in total. The molecule has 4 nitrogen and oxygen atoms in total. The van der Waals surface area contributed by atoms with Gasteiger partial charge in [0.1, 0.15) is 5.75 Å². The van der Waals surface area contributed by atoms with Crippen molar-refractivity contribution in [3.8, 4) is 17.0 Å². The number of carbonyl (C=O) groups excluding carboxylic acids is 1. The van der Waals surface area contributed by atoms with Crippen LogP contribution >= 0.6 is 11.6 Å². The number of nitrogens with one attached hydrogen (secondary N) is 1. The molecule has 1 aliphatic rings. The SMILES string of the molecule is CNCCc1c2n(c3cc(Cl)c(OC)cc13)C(=O)c1ccccc1-2. The Hall–Kier alpha value is -2.30. The molecule has 3 aromatic rings. The van der Waals surface area contributed by atoms with Gasteiger partial charge in [-0.15, -0.1) is 0 Å². The summed E-state index contributed by atoms with van der Waals surface area (Å²) >= 11 is 6.32. The molecule has 0 amide bonds. The van der Waals surface area contributed by atoms with Crippen LogP contribution in [0.4, 0.5) is 0 Å². The first-order valence-corrected chi connectivity index (χ1v) is 8.24. The first-order valence-electron chi connectivity index (χ1n) is 7.87. The van der Waals surface area contributed by atoms with E-state index in [2.05, 4.69) is 5.32 Å². The predicted molar refractivity (Wildman–Crippen MR) is 96.3 cm³/mol. The number of hydrogen-bond donors (Lipinski definition) is 1. The monoisotopic (exact) mass is 340 g/mol. The topological polar surface area (TPSA) is 43.3 Å². The van der Waals surface area contributed by atoms with Crippen molar-refractivity contribution in [1.29, 1.82) is 0 Å². The van der Waals surface area contributed by atoms with Gasteiger partial charge in [-0.3, -0.25) is 9.36 Å². The highest BCUT2D eigenvalue weighted by Gasteiger charge is 2.32. The predicted octanol–water partition coefficient (Wildman–Crippen LogP) is 3.73. The number of nitrogens with zero attached hydrogens (tertiary/aromatic N) is 1. The Labute approximate surface area is 145 Å². The molecule has 0 bridgehead atoms. The van der Waals surface area contributed by atoms with Crippen molar-refractivity contribution in [1.82, 2.24) is 9.88 Å². The Kier molecular flexibility index (Phi) is 3.59. The average molecular weight is 341 g/mol. The second-order valence-corrected chi connectivity index (χ2v) is 6.28. The maximum Gasteiger partial charge on any atom is 0.263 e. The molecule has 0 radical (unpaired) electrons. The molecular weight excluding hydrogens is 324 g/mol. The van der Waals surface area contributed by atoms with Crippen LogP contribution in [0.15, 0.2) is 36.4 Å².